The van der Waals surface area contributed by atoms with Gasteiger partial charge in [0.05, 0.1) is 35.0 Å². The summed E-state index contributed by atoms with van der Waals surface area (Å²) in [5.41, 5.74) is 6.14. The van der Waals surface area contributed by atoms with E-state index in [4.69, 9.17) is 4.98 Å². The molecule has 1 amide bonds. The van der Waals surface area contributed by atoms with Crippen LogP contribution in [-0.4, -0.2) is 50.6 Å². The van der Waals surface area contributed by atoms with Gasteiger partial charge in [-0.05, 0) is 25.1 Å². The Kier molecular flexibility index (Phi) is 5.07. The number of H-pyrrole nitrogens is 2. The van der Waals surface area contributed by atoms with Gasteiger partial charge >= 0.3 is 0 Å². The number of aryl methyl sites for hydroxylation is 1. The molecule has 0 aliphatic rings. The molecule has 0 fully saturated rings. The molecule has 6 rings (SSSR count). The molecule has 3 N–H and O–H groups in total. The lowest BCUT2D eigenvalue weighted by Gasteiger charge is -2.17. The Labute approximate surface area is 211 Å². The van der Waals surface area contributed by atoms with Crippen molar-refractivity contribution in [1.29, 1.82) is 0 Å². The first-order valence-electron chi connectivity index (χ1n) is 11.7. The summed E-state index contributed by atoms with van der Waals surface area (Å²) in [5, 5.41) is 11.2. The molecule has 0 bridgehead atoms. The second kappa shape index (κ2) is 8.33. The third-order valence-electron chi connectivity index (χ3n) is 6.00. The molecule has 0 saturated carbocycles. The van der Waals surface area contributed by atoms with E-state index >= 15 is 0 Å². The molecule has 0 saturated heterocycles. The largest absolute Gasteiger partial charge is 0.324 e. The van der Waals surface area contributed by atoms with Gasteiger partial charge in [-0.25, -0.2) is 19.9 Å². The quantitative estimate of drug-likeness (QED) is 0.330. The van der Waals surface area contributed by atoms with E-state index in [-0.39, 0.29) is 5.91 Å². The maximum Gasteiger partial charge on any atom is 0.229 e. The predicted molar refractivity (Wildman–Crippen MR) is 140 cm³/mol. The molecule has 0 spiro atoms. The van der Waals surface area contributed by atoms with Gasteiger partial charge in [0.15, 0.2) is 17.1 Å². The maximum absolute atomic E-state index is 12.4. The monoisotopic (exact) mass is 492 g/mol. The summed E-state index contributed by atoms with van der Waals surface area (Å²) in [5.74, 6) is 0.488. The number of hydrogen-bond donors (Lipinski definition) is 3. The summed E-state index contributed by atoms with van der Waals surface area (Å²) in [4.78, 5) is 38.2. The van der Waals surface area contributed by atoms with Gasteiger partial charge in [-0.15, -0.1) is 0 Å². The van der Waals surface area contributed by atoms with E-state index in [1.165, 1.54) is 0 Å². The number of rotatable bonds is 4. The summed E-state index contributed by atoms with van der Waals surface area (Å²) in [7, 11) is 0. The Balaban J connectivity index is 1.40. The van der Waals surface area contributed by atoms with Crippen LogP contribution >= 0.6 is 0 Å². The van der Waals surface area contributed by atoms with Crippen LogP contribution < -0.4 is 5.32 Å². The highest BCUT2D eigenvalue weighted by Gasteiger charge is 2.22. The molecule has 6 heterocycles. The number of aromatic amines is 2. The third-order valence-corrected chi connectivity index (χ3v) is 6.00. The lowest BCUT2D eigenvalue weighted by molar-refractivity contribution is -0.123. The Bertz CT molecular complexity index is 1790. The average molecular weight is 493 g/mol. The average Bonchev–Trinajstić information content (AvgIpc) is 3.60. The fourth-order valence-electron chi connectivity index (χ4n) is 4.00. The number of amides is 1. The van der Waals surface area contributed by atoms with E-state index in [2.05, 4.69) is 40.4 Å². The van der Waals surface area contributed by atoms with Crippen molar-refractivity contribution in [3.63, 3.8) is 0 Å². The standard InChI is InChI=1S/C26H24N10O/c1-14-12-36(13-30-14)19-5-6-28-23-21(19)32-24(33-23)20-18-8-16(10-29-22(18)35-34-20)15-7-17(11-27-9-15)31-25(37)26(2,3)4/h5-13H,1-4H3,(H,31,37)(H,28,32,33)(H,29,34,35). The van der Waals surface area contributed by atoms with Crippen LogP contribution in [0.15, 0.2) is 55.5 Å². The Hall–Kier alpha value is -4.93. The van der Waals surface area contributed by atoms with Crippen LogP contribution in [0, 0.1) is 12.3 Å². The molecule has 0 atom stereocenters. The van der Waals surface area contributed by atoms with Gasteiger partial charge in [0.25, 0.3) is 0 Å². The van der Waals surface area contributed by atoms with Gasteiger partial charge in [-0.1, -0.05) is 20.8 Å². The van der Waals surface area contributed by atoms with E-state index in [0.29, 0.717) is 34.0 Å². The number of nitrogens with one attached hydrogen (secondary N) is 3. The van der Waals surface area contributed by atoms with Crippen molar-refractivity contribution < 1.29 is 4.79 Å². The molecule has 37 heavy (non-hydrogen) atoms. The minimum atomic E-state index is -0.514. The summed E-state index contributed by atoms with van der Waals surface area (Å²) >= 11 is 0. The number of hydrogen-bond acceptors (Lipinski definition) is 7. The minimum absolute atomic E-state index is 0.0825. The van der Waals surface area contributed by atoms with E-state index < -0.39 is 5.41 Å². The second-order valence-electron chi connectivity index (χ2n) is 9.89. The van der Waals surface area contributed by atoms with Gasteiger partial charge in [0, 0.05) is 41.3 Å². The van der Waals surface area contributed by atoms with Crippen LogP contribution in [0.1, 0.15) is 26.5 Å². The highest BCUT2D eigenvalue weighted by Crippen LogP contribution is 2.30. The molecular formula is C26H24N10O. The lowest BCUT2D eigenvalue weighted by atomic mass is 9.95. The molecule has 6 aromatic heterocycles. The summed E-state index contributed by atoms with van der Waals surface area (Å²) < 4.78 is 1.92. The first-order valence-corrected chi connectivity index (χ1v) is 11.7. The molecule has 0 unspecified atom stereocenters. The van der Waals surface area contributed by atoms with Crippen molar-refractivity contribution in [2.45, 2.75) is 27.7 Å². The van der Waals surface area contributed by atoms with Crippen molar-refractivity contribution in [3.8, 4) is 28.3 Å². The van der Waals surface area contributed by atoms with Gasteiger partial charge in [-0.2, -0.15) is 5.10 Å². The van der Waals surface area contributed by atoms with Crippen molar-refractivity contribution in [1.82, 2.24) is 44.7 Å². The van der Waals surface area contributed by atoms with Gasteiger partial charge in [0.2, 0.25) is 5.91 Å². The molecule has 6 aromatic rings. The molecule has 0 aliphatic heterocycles. The van der Waals surface area contributed by atoms with E-state index in [1.807, 2.05) is 56.7 Å². The van der Waals surface area contributed by atoms with Crippen molar-refractivity contribution >= 4 is 33.8 Å². The molecular weight excluding hydrogens is 468 g/mol. The van der Waals surface area contributed by atoms with Crippen LogP contribution in [0.2, 0.25) is 0 Å². The fraction of sp³-hybridized carbons (Fsp3) is 0.192. The predicted octanol–water partition coefficient (Wildman–Crippen LogP) is 4.44. The third kappa shape index (κ3) is 4.10. The lowest BCUT2D eigenvalue weighted by Crippen LogP contribution is -2.27. The van der Waals surface area contributed by atoms with E-state index in [1.54, 1.807) is 31.1 Å². The maximum atomic E-state index is 12.4. The van der Waals surface area contributed by atoms with Crippen LogP contribution in [0.25, 0.3) is 50.5 Å². The number of fused-ring (bicyclic) bond motifs is 2. The first-order chi connectivity index (χ1) is 17.8. The molecule has 0 aromatic carbocycles. The number of carbonyl (C=O) groups is 1. The molecule has 0 aliphatic carbocycles. The molecule has 11 heteroatoms. The van der Waals surface area contributed by atoms with Crippen LogP contribution in [-0.2, 0) is 4.79 Å². The number of imidazole rings is 2. The second-order valence-corrected chi connectivity index (χ2v) is 9.89. The SMILES string of the molecule is Cc1cn(-c2ccnc3[nH]c(-c4n[nH]c5ncc(-c6cncc(NC(=O)C(C)(C)C)c6)cc45)nc23)cn1. The highest BCUT2D eigenvalue weighted by molar-refractivity contribution is 5.96. The van der Waals surface area contributed by atoms with Crippen molar-refractivity contribution in [2.75, 3.05) is 5.32 Å². The smallest absolute Gasteiger partial charge is 0.229 e. The molecule has 184 valence electrons. The topological polar surface area (TPSA) is 143 Å². The summed E-state index contributed by atoms with van der Waals surface area (Å²) in [6, 6.07) is 5.76. The zero-order valence-electron chi connectivity index (χ0n) is 20.7. The van der Waals surface area contributed by atoms with Gasteiger partial charge in [0.1, 0.15) is 11.2 Å². The summed E-state index contributed by atoms with van der Waals surface area (Å²) in [6.07, 6.45) is 10.5. The number of aromatic nitrogens is 9. The van der Waals surface area contributed by atoms with Crippen LogP contribution in [0.5, 0.6) is 0 Å². The highest BCUT2D eigenvalue weighted by atomic mass is 16.2. The molecule has 0 radical (unpaired) electrons. The number of carbonyl (C=O) groups excluding carboxylic acids is 1. The van der Waals surface area contributed by atoms with Crippen molar-refractivity contribution in [2.24, 2.45) is 5.41 Å². The number of anilines is 1. The Morgan fingerprint density at radius 1 is 1.03 bits per heavy atom. The Morgan fingerprint density at radius 2 is 1.86 bits per heavy atom. The Morgan fingerprint density at radius 3 is 2.65 bits per heavy atom. The normalized spacial score (nSPS) is 11.9. The zero-order chi connectivity index (χ0) is 25.7. The van der Waals surface area contributed by atoms with Crippen molar-refractivity contribution in [3.05, 3.63) is 61.2 Å². The van der Waals surface area contributed by atoms with Gasteiger partial charge < -0.3 is 14.9 Å². The summed E-state index contributed by atoms with van der Waals surface area (Å²) in [6.45, 7) is 7.54. The first kappa shape index (κ1) is 22.5. The van der Waals surface area contributed by atoms with E-state index in [9.17, 15) is 4.79 Å². The van der Waals surface area contributed by atoms with E-state index in [0.717, 1.165) is 27.9 Å². The van der Waals surface area contributed by atoms with Crippen LogP contribution in [0.4, 0.5) is 5.69 Å². The minimum Gasteiger partial charge on any atom is -0.324 e. The zero-order valence-corrected chi connectivity index (χ0v) is 20.7. The molecule has 11 nitrogen and oxygen atoms in total. The van der Waals surface area contributed by atoms with Gasteiger partial charge in [-0.3, -0.25) is 14.9 Å². The van der Waals surface area contributed by atoms with Crippen LogP contribution in [0.3, 0.4) is 0 Å². The number of pyridine rings is 3. The number of nitrogens with zero attached hydrogens (tertiary/aromatic N) is 7. The fourth-order valence-corrected chi connectivity index (χ4v) is 4.00.